The van der Waals surface area contributed by atoms with Gasteiger partial charge in [-0.05, 0) is 74.4 Å². The van der Waals surface area contributed by atoms with E-state index >= 15 is 0 Å². The number of amides is 2. The molecular weight excluding hydrogens is 362 g/mol. The lowest BCUT2D eigenvalue weighted by atomic mass is 9.79. The van der Waals surface area contributed by atoms with Crippen molar-refractivity contribution in [2.45, 2.75) is 45.1 Å². The maximum atomic E-state index is 13.3. The number of rotatable bonds is 3. The van der Waals surface area contributed by atoms with E-state index in [0.29, 0.717) is 18.7 Å². The minimum atomic E-state index is -0.575. The molecule has 0 radical (unpaired) electrons. The van der Waals surface area contributed by atoms with Gasteiger partial charge in [0.1, 0.15) is 0 Å². The van der Waals surface area contributed by atoms with Gasteiger partial charge in [0.05, 0.1) is 11.5 Å². The molecule has 2 aromatic carbocycles. The number of nitrogen functional groups attached to an aromatic ring is 1. The van der Waals surface area contributed by atoms with Gasteiger partial charge in [0, 0.05) is 24.3 Å². The average Bonchev–Trinajstić information content (AvgIpc) is 2.74. The van der Waals surface area contributed by atoms with E-state index in [2.05, 4.69) is 5.32 Å². The Kier molecular flexibility index (Phi) is 5.31. The van der Waals surface area contributed by atoms with E-state index in [4.69, 9.17) is 5.73 Å². The highest BCUT2D eigenvalue weighted by atomic mass is 16.2. The number of likely N-dealkylation sites (tertiary alicyclic amines) is 1. The van der Waals surface area contributed by atoms with Crippen LogP contribution in [0.2, 0.25) is 0 Å². The van der Waals surface area contributed by atoms with Crippen molar-refractivity contribution in [3.63, 3.8) is 0 Å². The van der Waals surface area contributed by atoms with Crippen LogP contribution in [-0.4, -0.2) is 29.8 Å². The molecule has 1 fully saturated rings. The summed E-state index contributed by atoms with van der Waals surface area (Å²) in [5.41, 5.74) is 9.21. The second-order valence-electron chi connectivity index (χ2n) is 8.63. The normalized spacial score (nSPS) is 23.9. The molecule has 5 heteroatoms. The molecule has 1 heterocycles. The molecule has 1 aliphatic carbocycles. The van der Waals surface area contributed by atoms with Gasteiger partial charge < -0.3 is 16.0 Å². The van der Waals surface area contributed by atoms with Gasteiger partial charge in [-0.2, -0.15) is 0 Å². The van der Waals surface area contributed by atoms with E-state index in [1.807, 2.05) is 60.4 Å². The number of piperidine rings is 1. The van der Waals surface area contributed by atoms with Crippen LogP contribution in [0.5, 0.6) is 0 Å². The van der Waals surface area contributed by atoms with E-state index in [-0.39, 0.29) is 17.9 Å². The smallest absolute Gasteiger partial charge is 0.253 e. The maximum Gasteiger partial charge on any atom is 0.253 e. The summed E-state index contributed by atoms with van der Waals surface area (Å²) in [4.78, 5) is 28.0. The fourth-order valence-electron chi connectivity index (χ4n) is 4.68. The fraction of sp³-hybridized carbons (Fsp3) is 0.417. The van der Waals surface area contributed by atoms with Crippen LogP contribution in [0.4, 0.5) is 5.69 Å². The second kappa shape index (κ2) is 7.90. The fourth-order valence-corrected chi connectivity index (χ4v) is 4.68. The zero-order chi connectivity index (χ0) is 20.4. The van der Waals surface area contributed by atoms with Gasteiger partial charge in [-0.3, -0.25) is 9.59 Å². The summed E-state index contributed by atoms with van der Waals surface area (Å²) in [5.74, 6) is 0.0422. The van der Waals surface area contributed by atoms with E-state index in [1.165, 1.54) is 11.1 Å². The molecular formula is C24H29N3O2. The van der Waals surface area contributed by atoms with Crippen LogP contribution in [-0.2, 0) is 11.2 Å². The average molecular weight is 392 g/mol. The number of nitrogens with zero attached hydrogens (tertiary/aromatic N) is 1. The molecule has 2 atom stereocenters. The van der Waals surface area contributed by atoms with E-state index in [1.54, 1.807) is 0 Å². The minimum Gasteiger partial charge on any atom is -0.399 e. The highest BCUT2D eigenvalue weighted by Crippen LogP contribution is 2.35. The summed E-state index contributed by atoms with van der Waals surface area (Å²) >= 11 is 0. The Bertz CT molecular complexity index is 912. The van der Waals surface area contributed by atoms with Crippen molar-refractivity contribution in [1.29, 1.82) is 0 Å². The SMILES string of the molecule is CC1(C(=O)NC2CCCc3cc(N)ccc32)CCCN(C(=O)c2ccccc2)C1. The summed E-state index contributed by atoms with van der Waals surface area (Å²) in [5, 5.41) is 3.29. The standard InChI is InChI=1S/C24H29N3O2/c1-24(13-6-14-27(16-24)22(28)17-7-3-2-4-8-17)23(29)26-21-10-5-9-18-15-19(25)11-12-20(18)21/h2-4,7-8,11-12,15,21H,5-6,9-10,13-14,16,25H2,1H3,(H,26,29). The maximum absolute atomic E-state index is 13.3. The first kappa shape index (κ1) is 19.5. The minimum absolute atomic E-state index is 0.00260. The van der Waals surface area contributed by atoms with Gasteiger partial charge in [0.25, 0.3) is 5.91 Å². The van der Waals surface area contributed by atoms with Gasteiger partial charge in [-0.1, -0.05) is 24.3 Å². The number of hydrogen-bond acceptors (Lipinski definition) is 3. The lowest BCUT2D eigenvalue weighted by Crippen LogP contribution is -2.52. The van der Waals surface area contributed by atoms with Crippen molar-refractivity contribution in [1.82, 2.24) is 10.2 Å². The first-order chi connectivity index (χ1) is 14.0. The van der Waals surface area contributed by atoms with Gasteiger partial charge >= 0.3 is 0 Å². The van der Waals surface area contributed by atoms with Crippen molar-refractivity contribution >= 4 is 17.5 Å². The van der Waals surface area contributed by atoms with Crippen LogP contribution in [0, 0.1) is 5.41 Å². The predicted octanol–water partition coefficient (Wildman–Crippen LogP) is 3.70. The molecule has 5 nitrogen and oxygen atoms in total. The third kappa shape index (κ3) is 4.00. The molecule has 0 bridgehead atoms. The molecule has 4 rings (SSSR count). The highest BCUT2D eigenvalue weighted by Gasteiger charge is 2.40. The summed E-state index contributed by atoms with van der Waals surface area (Å²) < 4.78 is 0. The number of benzene rings is 2. The molecule has 152 valence electrons. The topological polar surface area (TPSA) is 75.4 Å². The van der Waals surface area contributed by atoms with Gasteiger partial charge in [-0.15, -0.1) is 0 Å². The Hall–Kier alpha value is -2.82. The van der Waals surface area contributed by atoms with Crippen LogP contribution in [0.25, 0.3) is 0 Å². The van der Waals surface area contributed by atoms with Crippen molar-refractivity contribution < 1.29 is 9.59 Å². The van der Waals surface area contributed by atoms with Crippen LogP contribution >= 0.6 is 0 Å². The number of fused-ring (bicyclic) bond motifs is 1. The number of nitrogens with two attached hydrogens (primary N) is 1. The van der Waals surface area contributed by atoms with Gasteiger partial charge in [0.15, 0.2) is 0 Å². The number of hydrogen-bond donors (Lipinski definition) is 2. The van der Waals surface area contributed by atoms with Crippen molar-refractivity contribution in [3.05, 3.63) is 65.2 Å². The second-order valence-corrected chi connectivity index (χ2v) is 8.63. The Morgan fingerprint density at radius 3 is 2.72 bits per heavy atom. The largest absolute Gasteiger partial charge is 0.399 e. The van der Waals surface area contributed by atoms with Gasteiger partial charge in [-0.25, -0.2) is 0 Å². The molecule has 29 heavy (non-hydrogen) atoms. The molecule has 0 saturated carbocycles. The van der Waals surface area contributed by atoms with E-state index in [0.717, 1.165) is 37.8 Å². The summed E-state index contributed by atoms with van der Waals surface area (Å²) in [6.07, 6.45) is 4.60. The van der Waals surface area contributed by atoms with Crippen molar-refractivity contribution in [2.75, 3.05) is 18.8 Å². The number of nitrogens with one attached hydrogen (secondary N) is 1. The number of anilines is 1. The van der Waals surface area contributed by atoms with E-state index in [9.17, 15) is 9.59 Å². The zero-order valence-corrected chi connectivity index (χ0v) is 17.0. The molecule has 0 aromatic heterocycles. The van der Waals surface area contributed by atoms with E-state index < -0.39 is 5.41 Å². The molecule has 3 N–H and O–H groups in total. The summed E-state index contributed by atoms with van der Waals surface area (Å²) in [7, 11) is 0. The zero-order valence-electron chi connectivity index (χ0n) is 17.0. The third-order valence-corrected chi connectivity index (χ3v) is 6.34. The summed E-state index contributed by atoms with van der Waals surface area (Å²) in [6.45, 7) is 3.13. The van der Waals surface area contributed by atoms with Crippen LogP contribution in [0.3, 0.4) is 0 Å². The van der Waals surface area contributed by atoms with Crippen molar-refractivity contribution in [2.24, 2.45) is 5.41 Å². The van der Waals surface area contributed by atoms with Crippen LogP contribution in [0.1, 0.15) is 60.1 Å². The quantitative estimate of drug-likeness (QED) is 0.784. The first-order valence-electron chi connectivity index (χ1n) is 10.5. The summed E-state index contributed by atoms with van der Waals surface area (Å²) in [6, 6.07) is 15.3. The first-order valence-corrected chi connectivity index (χ1v) is 10.5. The lowest BCUT2D eigenvalue weighted by molar-refractivity contribution is -0.133. The molecule has 2 unspecified atom stereocenters. The molecule has 1 saturated heterocycles. The Labute approximate surface area is 172 Å². The highest BCUT2D eigenvalue weighted by molar-refractivity contribution is 5.95. The van der Waals surface area contributed by atoms with Gasteiger partial charge in [0.2, 0.25) is 5.91 Å². The Morgan fingerprint density at radius 1 is 1.14 bits per heavy atom. The van der Waals surface area contributed by atoms with Crippen LogP contribution in [0.15, 0.2) is 48.5 Å². The number of carbonyl (C=O) groups excluding carboxylic acids is 2. The molecule has 2 amide bonds. The number of carbonyl (C=O) groups is 2. The molecule has 1 aliphatic heterocycles. The lowest BCUT2D eigenvalue weighted by Gasteiger charge is -2.40. The monoisotopic (exact) mass is 391 g/mol. The molecule has 2 aliphatic rings. The molecule has 2 aromatic rings. The Morgan fingerprint density at radius 2 is 1.93 bits per heavy atom. The van der Waals surface area contributed by atoms with Crippen molar-refractivity contribution in [3.8, 4) is 0 Å². The third-order valence-electron chi connectivity index (χ3n) is 6.34. The van der Waals surface area contributed by atoms with Crippen LogP contribution < -0.4 is 11.1 Å². The molecule has 0 spiro atoms. The number of aryl methyl sites for hydroxylation is 1. The predicted molar refractivity (Wildman–Crippen MR) is 114 cm³/mol. The Balaban J connectivity index is 1.48.